The van der Waals surface area contributed by atoms with Gasteiger partial charge in [0, 0.05) is 25.7 Å². The third-order valence-corrected chi connectivity index (χ3v) is 3.00. The Hall–Kier alpha value is -1.62. The molecule has 2 heterocycles. The molecule has 6 heteroatoms. The number of rotatable bonds is 3. The van der Waals surface area contributed by atoms with Crippen LogP contribution in [0.4, 0.5) is 0 Å². The molecule has 2 N–H and O–H groups in total. The molecule has 1 unspecified atom stereocenters. The summed E-state index contributed by atoms with van der Waals surface area (Å²) in [7, 11) is 0. The third-order valence-electron chi connectivity index (χ3n) is 2.78. The minimum absolute atomic E-state index is 0.0521. The van der Waals surface area contributed by atoms with Gasteiger partial charge in [0.05, 0.1) is 5.92 Å². The summed E-state index contributed by atoms with van der Waals surface area (Å²) in [6.45, 7) is 0.823. The zero-order valence-electron chi connectivity index (χ0n) is 9.10. The predicted molar refractivity (Wildman–Crippen MR) is 62.0 cm³/mol. The number of hydrogen-bond acceptors (Lipinski definition) is 3. The van der Waals surface area contributed by atoms with Gasteiger partial charge in [-0.2, -0.15) is 0 Å². The highest BCUT2D eigenvalue weighted by Gasteiger charge is 2.32. The van der Waals surface area contributed by atoms with Crippen molar-refractivity contribution in [2.24, 2.45) is 11.7 Å². The number of nitrogens with zero attached hydrogens (tertiary/aromatic N) is 2. The summed E-state index contributed by atoms with van der Waals surface area (Å²) in [6.07, 6.45) is 1.82. The summed E-state index contributed by atoms with van der Waals surface area (Å²) in [5, 5.41) is 0.413. The van der Waals surface area contributed by atoms with Crippen molar-refractivity contribution in [1.82, 2.24) is 9.88 Å². The number of hydrogen-bond donors (Lipinski definition) is 1. The van der Waals surface area contributed by atoms with Crippen LogP contribution in [0.15, 0.2) is 18.3 Å². The molecule has 1 saturated heterocycles. The van der Waals surface area contributed by atoms with Crippen molar-refractivity contribution in [1.29, 1.82) is 0 Å². The van der Waals surface area contributed by atoms with Crippen LogP contribution < -0.4 is 5.73 Å². The van der Waals surface area contributed by atoms with Crippen LogP contribution in [0.3, 0.4) is 0 Å². The number of aromatic nitrogens is 1. The number of amides is 2. The van der Waals surface area contributed by atoms with Crippen molar-refractivity contribution in [2.45, 2.75) is 13.0 Å². The fraction of sp³-hybridized carbons (Fsp3) is 0.364. The van der Waals surface area contributed by atoms with Crippen LogP contribution in [0, 0.1) is 5.92 Å². The molecule has 1 atom stereocenters. The molecule has 90 valence electrons. The lowest BCUT2D eigenvalue weighted by atomic mass is 10.1. The topological polar surface area (TPSA) is 76.3 Å². The van der Waals surface area contributed by atoms with Crippen LogP contribution in [0.5, 0.6) is 0 Å². The van der Waals surface area contributed by atoms with Crippen molar-refractivity contribution in [2.75, 3.05) is 6.54 Å². The zero-order chi connectivity index (χ0) is 12.4. The predicted octanol–water partition coefficient (Wildman–Crippen LogP) is 0.569. The Morgan fingerprint density at radius 2 is 2.35 bits per heavy atom. The van der Waals surface area contributed by atoms with Crippen molar-refractivity contribution >= 4 is 23.4 Å². The van der Waals surface area contributed by atoms with E-state index in [1.54, 1.807) is 23.2 Å². The van der Waals surface area contributed by atoms with E-state index in [2.05, 4.69) is 4.98 Å². The fourth-order valence-corrected chi connectivity index (χ4v) is 1.95. The molecule has 1 fully saturated rings. The standard InChI is InChI=1S/C11H12ClN3O2/c12-9-2-1-7(4-14-9)5-15-6-8(11(13)17)3-10(15)16/h1-2,4,8H,3,5-6H2,(H2,13,17). The van der Waals surface area contributed by atoms with Gasteiger partial charge in [-0.1, -0.05) is 17.7 Å². The zero-order valence-corrected chi connectivity index (χ0v) is 9.85. The molecule has 1 aliphatic rings. The Morgan fingerprint density at radius 1 is 1.59 bits per heavy atom. The van der Waals surface area contributed by atoms with E-state index in [0.717, 1.165) is 5.56 Å². The Morgan fingerprint density at radius 3 is 2.88 bits per heavy atom. The molecule has 0 saturated carbocycles. The van der Waals surface area contributed by atoms with Gasteiger partial charge in [-0.25, -0.2) is 4.98 Å². The van der Waals surface area contributed by atoms with E-state index in [-0.39, 0.29) is 18.2 Å². The van der Waals surface area contributed by atoms with E-state index in [9.17, 15) is 9.59 Å². The summed E-state index contributed by atoms with van der Waals surface area (Å²) in [6, 6.07) is 3.48. The molecular weight excluding hydrogens is 242 g/mol. The maximum atomic E-state index is 11.6. The average molecular weight is 254 g/mol. The summed E-state index contributed by atoms with van der Waals surface area (Å²) in [5.41, 5.74) is 6.07. The van der Waals surface area contributed by atoms with Crippen molar-refractivity contribution in [3.63, 3.8) is 0 Å². The quantitative estimate of drug-likeness (QED) is 0.800. The SMILES string of the molecule is NC(=O)C1CC(=O)N(Cc2ccc(Cl)nc2)C1. The number of likely N-dealkylation sites (tertiary alicyclic amines) is 1. The summed E-state index contributed by atoms with van der Waals surface area (Å²) in [5.74, 6) is -0.846. The molecule has 1 aliphatic heterocycles. The molecule has 2 amide bonds. The monoisotopic (exact) mass is 253 g/mol. The Labute approximate surface area is 104 Å². The first-order valence-corrected chi connectivity index (χ1v) is 5.61. The maximum Gasteiger partial charge on any atom is 0.223 e. The highest BCUT2D eigenvalue weighted by atomic mass is 35.5. The second kappa shape index (κ2) is 4.71. The molecule has 0 aliphatic carbocycles. The fourth-order valence-electron chi connectivity index (χ4n) is 1.84. The van der Waals surface area contributed by atoms with Crippen molar-refractivity contribution in [3.05, 3.63) is 29.0 Å². The largest absolute Gasteiger partial charge is 0.369 e. The lowest BCUT2D eigenvalue weighted by molar-refractivity contribution is -0.128. The van der Waals surface area contributed by atoms with Crippen molar-refractivity contribution in [3.8, 4) is 0 Å². The van der Waals surface area contributed by atoms with E-state index in [4.69, 9.17) is 17.3 Å². The van der Waals surface area contributed by atoms with Gasteiger partial charge in [0.25, 0.3) is 0 Å². The van der Waals surface area contributed by atoms with E-state index in [1.165, 1.54) is 0 Å². The second-order valence-electron chi connectivity index (χ2n) is 4.07. The summed E-state index contributed by atoms with van der Waals surface area (Å²) >= 11 is 5.67. The number of primary amides is 1. The van der Waals surface area contributed by atoms with E-state index < -0.39 is 5.91 Å². The van der Waals surface area contributed by atoms with Gasteiger partial charge in [-0.15, -0.1) is 0 Å². The molecule has 2 rings (SSSR count). The molecule has 0 spiro atoms. The molecule has 0 radical (unpaired) electrons. The van der Waals surface area contributed by atoms with Crippen LogP contribution in [-0.4, -0.2) is 28.2 Å². The molecule has 17 heavy (non-hydrogen) atoms. The van der Waals surface area contributed by atoms with Crippen LogP contribution in [0.2, 0.25) is 5.15 Å². The highest BCUT2D eigenvalue weighted by Crippen LogP contribution is 2.19. The average Bonchev–Trinajstić information content (AvgIpc) is 2.64. The Balaban J connectivity index is 2.02. The highest BCUT2D eigenvalue weighted by molar-refractivity contribution is 6.29. The first-order valence-electron chi connectivity index (χ1n) is 5.24. The number of nitrogens with two attached hydrogens (primary N) is 1. The number of pyridine rings is 1. The molecule has 0 bridgehead atoms. The number of carbonyl (C=O) groups excluding carboxylic acids is 2. The molecular formula is C11H12ClN3O2. The molecule has 1 aromatic rings. The van der Waals surface area contributed by atoms with E-state index in [1.807, 2.05) is 0 Å². The lowest BCUT2D eigenvalue weighted by Crippen LogP contribution is -2.28. The molecule has 1 aromatic heterocycles. The van der Waals surface area contributed by atoms with Gasteiger partial charge < -0.3 is 10.6 Å². The third kappa shape index (κ3) is 2.74. The number of carbonyl (C=O) groups is 2. The van der Waals surface area contributed by atoms with Gasteiger partial charge in [0.2, 0.25) is 11.8 Å². The van der Waals surface area contributed by atoms with Crippen LogP contribution in [0.25, 0.3) is 0 Å². The smallest absolute Gasteiger partial charge is 0.223 e. The minimum atomic E-state index is -0.421. The lowest BCUT2D eigenvalue weighted by Gasteiger charge is -2.15. The van der Waals surface area contributed by atoms with Crippen LogP contribution in [0.1, 0.15) is 12.0 Å². The first kappa shape index (κ1) is 11.9. The molecule has 0 aromatic carbocycles. The van der Waals surface area contributed by atoms with Crippen molar-refractivity contribution < 1.29 is 9.59 Å². The maximum absolute atomic E-state index is 11.6. The van der Waals surface area contributed by atoms with Crippen LogP contribution >= 0.6 is 11.6 Å². The van der Waals surface area contributed by atoms with Gasteiger partial charge in [0.15, 0.2) is 0 Å². The summed E-state index contributed by atoms with van der Waals surface area (Å²) < 4.78 is 0. The normalized spacial score (nSPS) is 19.7. The Bertz CT molecular complexity index is 447. The van der Waals surface area contributed by atoms with E-state index in [0.29, 0.717) is 18.2 Å². The van der Waals surface area contributed by atoms with Gasteiger partial charge >= 0.3 is 0 Å². The number of halogens is 1. The molecule has 5 nitrogen and oxygen atoms in total. The second-order valence-corrected chi connectivity index (χ2v) is 4.45. The van der Waals surface area contributed by atoms with Gasteiger partial charge in [0.1, 0.15) is 5.15 Å². The summed E-state index contributed by atoms with van der Waals surface area (Å²) in [4.78, 5) is 28.2. The van der Waals surface area contributed by atoms with E-state index >= 15 is 0 Å². The van der Waals surface area contributed by atoms with Gasteiger partial charge in [-0.3, -0.25) is 9.59 Å². The Kier molecular flexibility index (Phi) is 3.28. The van der Waals surface area contributed by atoms with Gasteiger partial charge in [-0.05, 0) is 11.6 Å². The van der Waals surface area contributed by atoms with Crippen LogP contribution in [-0.2, 0) is 16.1 Å². The minimum Gasteiger partial charge on any atom is -0.369 e. The first-order chi connectivity index (χ1) is 8.06.